The molecular formula is C71H51N. The lowest BCUT2D eigenvalue weighted by atomic mass is 9.67. The summed E-state index contributed by atoms with van der Waals surface area (Å²) in [4.78, 5) is 2.36. The number of anilines is 2. The van der Waals surface area contributed by atoms with E-state index in [9.17, 15) is 0 Å². The maximum Gasteiger partial charge on any atom is 0.0713 e. The molecule has 0 saturated heterocycles. The number of benzene rings is 12. The molecule has 0 N–H and O–H groups in total. The van der Waals surface area contributed by atoms with Gasteiger partial charge in [0.25, 0.3) is 0 Å². The third-order valence-electron chi connectivity index (χ3n) is 15.3. The highest BCUT2D eigenvalue weighted by molar-refractivity contribution is 6.15. The first kappa shape index (κ1) is 43.0. The highest BCUT2D eigenvalue weighted by Gasteiger charge is 2.46. The first-order chi connectivity index (χ1) is 35.6. The van der Waals surface area contributed by atoms with Crippen molar-refractivity contribution in [3.63, 3.8) is 0 Å². The largest absolute Gasteiger partial charge is 0.315 e. The van der Waals surface area contributed by atoms with Crippen molar-refractivity contribution in [2.24, 2.45) is 0 Å². The van der Waals surface area contributed by atoms with Crippen molar-refractivity contribution >= 4 is 60.0 Å². The molecule has 0 aromatic heterocycles. The Morgan fingerprint density at radius 2 is 0.847 bits per heavy atom. The quantitative estimate of drug-likeness (QED) is 0.117. The van der Waals surface area contributed by atoms with E-state index >= 15 is 0 Å². The molecule has 0 saturated carbocycles. The van der Waals surface area contributed by atoms with E-state index in [1.165, 1.54) is 98.7 Å². The Morgan fingerprint density at radius 3 is 1.47 bits per heavy atom. The number of allylic oxidation sites excluding steroid dienone is 2. The van der Waals surface area contributed by atoms with E-state index in [0.29, 0.717) is 6.42 Å². The monoisotopic (exact) mass is 917 g/mol. The van der Waals surface area contributed by atoms with Gasteiger partial charge in [-0.05, 0) is 159 Å². The molecule has 72 heavy (non-hydrogen) atoms. The van der Waals surface area contributed by atoms with E-state index in [2.05, 4.69) is 266 Å². The van der Waals surface area contributed by atoms with Crippen molar-refractivity contribution in [1.29, 1.82) is 0 Å². The lowest BCUT2D eigenvalue weighted by Gasteiger charge is -2.34. The van der Waals surface area contributed by atoms with Gasteiger partial charge in [-0.1, -0.05) is 238 Å². The van der Waals surface area contributed by atoms with Crippen LogP contribution in [0, 0.1) is 0 Å². The zero-order valence-corrected chi connectivity index (χ0v) is 40.1. The van der Waals surface area contributed by atoms with Crippen LogP contribution < -0.4 is 4.90 Å². The standard InChI is InChI=1S/C71H51N/c1-48(58-36-20-38-69-70(58)65-35-17-18-37-68(65)71(69,54-24-5-3-6-25-54)55-26-7-4-8-27-55)39-40-49(2)72(56-43-41-50(42-44-56)66-46-52-21-9-11-29-59(52)61-31-13-15-33-63(61)66)57-28-19-23-51(45-57)67-47-53-22-10-12-30-60(53)62-32-14-16-34-64(62)67/h3-38,41-47H,1-2,39-40H2. The number of hydrogen-bond donors (Lipinski definition) is 0. The minimum absolute atomic E-state index is 0.474. The van der Waals surface area contributed by atoms with Crippen LogP contribution in [0.2, 0.25) is 0 Å². The topological polar surface area (TPSA) is 3.24 Å². The second-order valence-electron chi connectivity index (χ2n) is 19.2. The Kier molecular flexibility index (Phi) is 10.6. The Balaban J connectivity index is 0.901. The van der Waals surface area contributed by atoms with Gasteiger partial charge in [-0.2, -0.15) is 0 Å². The number of fused-ring (bicyclic) bond motifs is 9. The van der Waals surface area contributed by atoms with Crippen LogP contribution in [-0.2, 0) is 5.41 Å². The highest BCUT2D eigenvalue weighted by atomic mass is 15.1. The summed E-state index contributed by atoms with van der Waals surface area (Å²) in [6.07, 6.45) is 1.43. The lowest BCUT2D eigenvalue weighted by molar-refractivity contribution is 0.768. The summed E-state index contributed by atoms with van der Waals surface area (Å²) >= 11 is 0. The average molecular weight is 918 g/mol. The molecule has 0 heterocycles. The van der Waals surface area contributed by atoms with Crippen molar-refractivity contribution in [2.45, 2.75) is 18.3 Å². The minimum Gasteiger partial charge on any atom is -0.315 e. The first-order valence-corrected chi connectivity index (χ1v) is 25.1. The maximum absolute atomic E-state index is 4.92. The molecule has 0 aliphatic heterocycles. The van der Waals surface area contributed by atoms with Crippen LogP contribution >= 0.6 is 0 Å². The van der Waals surface area contributed by atoms with Crippen LogP contribution in [0.15, 0.2) is 280 Å². The van der Waals surface area contributed by atoms with Gasteiger partial charge in [-0.15, -0.1) is 0 Å². The van der Waals surface area contributed by atoms with Crippen molar-refractivity contribution in [3.8, 4) is 33.4 Å². The van der Waals surface area contributed by atoms with Gasteiger partial charge < -0.3 is 4.90 Å². The third-order valence-corrected chi connectivity index (χ3v) is 15.3. The Bertz CT molecular complexity index is 4030. The Morgan fingerprint density at radius 1 is 0.347 bits per heavy atom. The summed E-state index contributed by atoms with van der Waals surface area (Å²) in [7, 11) is 0. The SMILES string of the molecule is C=C(CCC(=C)N(c1ccc(-c2cc3ccccc3c3ccccc23)cc1)c1cccc(-c2cc3ccccc3c3ccccc23)c1)c1cccc2c1-c1ccccc1C2(c1ccccc1)c1ccccc1. The summed E-state index contributed by atoms with van der Waals surface area (Å²) in [5.74, 6) is 0. The van der Waals surface area contributed by atoms with Gasteiger partial charge in [0.05, 0.1) is 5.41 Å². The maximum atomic E-state index is 4.92. The molecule has 0 spiro atoms. The predicted octanol–water partition coefficient (Wildman–Crippen LogP) is 19.1. The molecule has 0 amide bonds. The molecule has 12 aromatic rings. The van der Waals surface area contributed by atoms with E-state index < -0.39 is 5.41 Å². The van der Waals surface area contributed by atoms with Gasteiger partial charge >= 0.3 is 0 Å². The molecule has 12 aromatic carbocycles. The van der Waals surface area contributed by atoms with Gasteiger partial charge in [-0.25, -0.2) is 0 Å². The fraction of sp³-hybridized carbons (Fsp3) is 0.0423. The average Bonchev–Trinajstić information content (AvgIpc) is 3.76. The molecule has 1 heteroatoms. The van der Waals surface area contributed by atoms with Gasteiger partial charge in [0.2, 0.25) is 0 Å². The minimum atomic E-state index is -0.474. The zero-order valence-electron chi connectivity index (χ0n) is 40.1. The number of nitrogens with zero attached hydrogens (tertiary/aromatic N) is 1. The van der Waals surface area contributed by atoms with E-state index in [1.807, 2.05) is 0 Å². The fourth-order valence-electron chi connectivity index (χ4n) is 12.0. The van der Waals surface area contributed by atoms with Crippen molar-refractivity contribution in [2.75, 3.05) is 4.90 Å². The van der Waals surface area contributed by atoms with Crippen LogP contribution in [-0.4, -0.2) is 0 Å². The van der Waals surface area contributed by atoms with Crippen LogP contribution in [0.25, 0.3) is 82.0 Å². The fourth-order valence-corrected chi connectivity index (χ4v) is 12.0. The third kappa shape index (κ3) is 7.00. The summed E-state index contributed by atoms with van der Waals surface area (Å²) in [5.41, 5.74) is 17.3. The lowest BCUT2D eigenvalue weighted by Crippen LogP contribution is -2.28. The van der Waals surface area contributed by atoms with Gasteiger partial charge in [0.15, 0.2) is 0 Å². The van der Waals surface area contributed by atoms with E-state index in [-0.39, 0.29) is 0 Å². The molecule has 0 fully saturated rings. The highest BCUT2D eigenvalue weighted by Crippen LogP contribution is 2.58. The van der Waals surface area contributed by atoms with E-state index in [1.54, 1.807) is 0 Å². The normalized spacial score (nSPS) is 12.5. The molecule has 1 aliphatic rings. The van der Waals surface area contributed by atoms with E-state index in [4.69, 9.17) is 13.2 Å². The second-order valence-corrected chi connectivity index (χ2v) is 19.2. The number of rotatable bonds is 11. The van der Waals surface area contributed by atoms with Gasteiger partial charge in [0, 0.05) is 17.1 Å². The van der Waals surface area contributed by atoms with Crippen LogP contribution in [0.4, 0.5) is 11.4 Å². The van der Waals surface area contributed by atoms with Crippen molar-refractivity contribution in [3.05, 3.63) is 308 Å². The molecule has 13 rings (SSSR count). The van der Waals surface area contributed by atoms with E-state index in [0.717, 1.165) is 34.6 Å². The number of hydrogen-bond acceptors (Lipinski definition) is 1. The van der Waals surface area contributed by atoms with Crippen molar-refractivity contribution < 1.29 is 0 Å². The van der Waals surface area contributed by atoms with Crippen molar-refractivity contribution in [1.82, 2.24) is 0 Å². The molecule has 340 valence electrons. The molecule has 1 aliphatic carbocycles. The first-order valence-electron chi connectivity index (χ1n) is 25.1. The van der Waals surface area contributed by atoms with Gasteiger partial charge in [-0.3, -0.25) is 0 Å². The molecule has 0 unspecified atom stereocenters. The van der Waals surface area contributed by atoms with Crippen LogP contribution in [0.1, 0.15) is 40.7 Å². The molecular weight excluding hydrogens is 867 g/mol. The molecule has 1 nitrogen and oxygen atoms in total. The Labute approximate surface area is 421 Å². The second kappa shape index (κ2) is 17.7. The molecule has 0 bridgehead atoms. The summed E-state index contributed by atoms with van der Waals surface area (Å²) in [6.45, 7) is 9.80. The van der Waals surface area contributed by atoms with Crippen LogP contribution in [0.3, 0.4) is 0 Å². The zero-order chi connectivity index (χ0) is 48.2. The van der Waals surface area contributed by atoms with Gasteiger partial charge in [0.1, 0.15) is 0 Å². The Hall–Kier alpha value is -9.04. The predicted molar refractivity (Wildman–Crippen MR) is 307 cm³/mol. The molecule has 0 atom stereocenters. The summed E-state index contributed by atoms with van der Waals surface area (Å²) in [6, 6.07) is 95.6. The summed E-state index contributed by atoms with van der Waals surface area (Å²) in [5, 5.41) is 10.0. The molecule has 0 radical (unpaired) electrons. The van der Waals surface area contributed by atoms with Crippen LogP contribution in [0.5, 0.6) is 0 Å². The smallest absolute Gasteiger partial charge is 0.0713 e. The summed E-state index contributed by atoms with van der Waals surface area (Å²) < 4.78 is 0.